The van der Waals surface area contributed by atoms with Gasteiger partial charge in [-0.3, -0.25) is 24.4 Å². The molecular formula is C29H44N4O5. The summed E-state index contributed by atoms with van der Waals surface area (Å²) in [7, 11) is 0. The maximum Gasteiger partial charge on any atom is 0.247 e. The van der Waals surface area contributed by atoms with E-state index in [4.69, 9.17) is 0 Å². The fraction of sp³-hybridized carbons (Fsp3) is 0.655. The maximum absolute atomic E-state index is 13.6. The van der Waals surface area contributed by atoms with Gasteiger partial charge in [-0.25, -0.2) is 5.06 Å². The molecule has 38 heavy (non-hydrogen) atoms. The first kappa shape index (κ1) is 29.6. The highest BCUT2D eigenvalue weighted by atomic mass is 16.5. The highest BCUT2D eigenvalue weighted by Crippen LogP contribution is 2.32. The minimum absolute atomic E-state index is 0.102. The van der Waals surface area contributed by atoms with Crippen molar-refractivity contribution in [1.82, 2.24) is 20.6 Å². The lowest BCUT2D eigenvalue weighted by Gasteiger charge is -2.41. The second-order valence-corrected chi connectivity index (χ2v) is 11.9. The molecule has 0 radical (unpaired) electrons. The minimum atomic E-state index is -0.793. The Hall–Kier alpha value is -2.94. The van der Waals surface area contributed by atoms with Crippen molar-refractivity contribution >= 4 is 24.1 Å². The predicted octanol–water partition coefficient (Wildman–Crippen LogP) is 3.70. The van der Waals surface area contributed by atoms with Crippen LogP contribution in [0.25, 0.3) is 11.1 Å². The van der Waals surface area contributed by atoms with Crippen molar-refractivity contribution in [3.63, 3.8) is 0 Å². The van der Waals surface area contributed by atoms with Gasteiger partial charge in [-0.05, 0) is 48.1 Å². The van der Waals surface area contributed by atoms with E-state index < -0.39 is 17.4 Å². The summed E-state index contributed by atoms with van der Waals surface area (Å²) in [6.07, 6.45) is 7.24. The molecule has 1 saturated carbocycles. The van der Waals surface area contributed by atoms with Gasteiger partial charge in [0.25, 0.3) is 0 Å². The quantitative estimate of drug-likeness (QED) is 0.261. The topological polar surface area (TPSA) is 119 Å². The number of hydrogen-bond donors (Lipinski definition) is 3. The zero-order chi connectivity index (χ0) is 27.9. The Balaban J connectivity index is 0.000000572. The summed E-state index contributed by atoms with van der Waals surface area (Å²) in [5.41, 5.74) is 2.29. The average molecular weight is 529 g/mol. The number of fused-ring (bicyclic) bond motifs is 1. The summed E-state index contributed by atoms with van der Waals surface area (Å²) >= 11 is 0. The Morgan fingerprint density at radius 3 is 2.11 bits per heavy atom. The van der Waals surface area contributed by atoms with Crippen molar-refractivity contribution in [2.45, 2.75) is 91.3 Å². The summed E-state index contributed by atoms with van der Waals surface area (Å²) in [6, 6.07) is 7.69. The molecule has 1 saturated heterocycles. The molecule has 1 aliphatic heterocycles. The monoisotopic (exact) mass is 528 g/mol. The maximum atomic E-state index is 13.6. The number of nitrogens with zero attached hydrogens (tertiary/aromatic N) is 2. The Bertz CT molecular complexity index is 947. The van der Waals surface area contributed by atoms with Crippen molar-refractivity contribution in [1.29, 1.82) is 0 Å². The minimum Gasteiger partial charge on any atom is -0.344 e. The molecule has 0 bridgehead atoms. The Morgan fingerprint density at radius 2 is 1.63 bits per heavy atom. The van der Waals surface area contributed by atoms with Crippen LogP contribution in [0.1, 0.15) is 79.1 Å². The second-order valence-electron chi connectivity index (χ2n) is 11.9. The molecule has 0 aromatic rings. The molecule has 210 valence electrons. The lowest BCUT2D eigenvalue weighted by Crippen LogP contribution is -2.61. The van der Waals surface area contributed by atoms with Crippen LogP contribution in [0, 0.1) is 17.3 Å². The number of hydrogen-bond acceptors (Lipinski definition) is 5. The summed E-state index contributed by atoms with van der Waals surface area (Å²) < 4.78 is 0. The average Bonchev–Trinajstić information content (AvgIpc) is 3.36. The lowest BCUT2D eigenvalue weighted by molar-refractivity contribution is -0.156. The van der Waals surface area contributed by atoms with E-state index in [0.29, 0.717) is 36.8 Å². The third kappa shape index (κ3) is 8.03. The zero-order valence-corrected chi connectivity index (χ0v) is 23.2. The van der Waals surface area contributed by atoms with Gasteiger partial charge in [0, 0.05) is 13.5 Å². The van der Waals surface area contributed by atoms with E-state index in [1.165, 1.54) is 18.1 Å². The molecule has 4 amide bonds. The van der Waals surface area contributed by atoms with Gasteiger partial charge >= 0.3 is 0 Å². The molecule has 9 heteroatoms. The first-order valence-corrected chi connectivity index (χ1v) is 13.9. The van der Waals surface area contributed by atoms with Crippen LogP contribution in [-0.2, 0) is 19.2 Å². The van der Waals surface area contributed by atoms with Crippen molar-refractivity contribution < 1.29 is 24.4 Å². The Labute approximate surface area is 226 Å². The molecule has 0 aromatic carbocycles. The number of likely N-dealkylation sites (tertiary alicyclic amines) is 1. The van der Waals surface area contributed by atoms with Crippen LogP contribution >= 0.6 is 0 Å². The number of piperidine rings is 1. The standard InChI is InChI=1S/C23H40N4O5.C6H4/c1-16(29)24-19-11-7-8-12-27(19)22(31)20(23(2,3)4)25-21(30)18(14-26(32)15-28)13-17-9-5-6-10-17;1-2-6-4-3-5(1)6/h15,17-20,32H,5-14H2,1-4H3,(H,24,29)(H,25,30);1-4H/t18?,19?,20-;/m1./s1. The molecule has 3 aliphatic carbocycles. The van der Waals surface area contributed by atoms with Gasteiger partial charge in [-0.15, -0.1) is 0 Å². The van der Waals surface area contributed by atoms with Gasteiger partial charge in [0.1, 0.15) is 12.2 Å². The highest BCUT2D eigenvalue weighted by Gasteiger charge is 2.40. The number of nitrogens with one attached hydrogen (secondary N) is 2. The molecule has 0 aromatic heterocycles. The lowest BCUT2D eigenvalue weighted by atomic mass is 9.84. The van der Waals surface area contributed by atoms with Crippen molar-refractivity contribution in [2.24, 2.45) is 17.3 Å². The molecule has 0 spiro atoms. The van der Waals surface area contributed by atoms with Crippen molar-refractivity contribution in [3.8, 4) is 11.1 Å². The third-order valence-electron chi connectivity index (χ3n) is 7.77. The van der Waals surface area contributed by atoms with E-state index in [1.807, 2.05) is 20.8 Å². The summed E-state index contributed by atoms with van der Waals surface area (Å²) in [4.78, 5) is 51.1. The normalized spacial score (nSPS) is 19.9. The fourth-order valence-electron chi connectivity index (χ4n) is 5.50. The Kier molecular flexibility index (Phi) is 10.3. The Morgan fingerprint density at radius 1 is 1.05 bits per heavy atom. The first-order chi connectivity index (χ1) is 18.0. The zero-order valence-electron chi connectivity index (χ0n) is 23.2. The van der Waals surface area contributed by atoms with Crippen LogP contribution < -0.4 is 10.6 Å². The smallest absolute Gasteiger partial charge is 0.247 e. The van der Waals surface area contributed by atoms with Gasteiger partial charge in [-0.1, -0.05) is 70.7 Å². The molecule has 9 nitrogen and oxygen atoms in total. The van der Waals surface area contributed by atoms with Gasteiger partial charge in [-0.2, -0.15) is 0 Å². The van der Waals surface area contributed by atoms with Gasteiger partial charge < -0.3 is 15.5 Å². The molecule has 1 heterocycles. The van der Waals surface area contributed by atoms with E-state index in [-0.39, 0.29) is 30.4 Å². The number of amides is 4. The largest absolute Gasteiger partial charge is 0.344 e. The summed E-state index contributed by atoms with van der Waals surface area (Å²) in [5.74, 6) is -0.974. The molecule has 3 N–H and O–H groups in total. The SMILES string of the molecule is CC(=O)NC1CCCCN1C(=O)[C@@H](NC(=O)C(CC1CCCC1)CN(O)C=O)C(C)(C)C.c1cc2ccc1-2. The van der Waals surface area contributed by atoms with Crippen LogP contribution in [0.5, 0.6) is 0 Å². The van der Waals surface area contributed by atoms with Crippen molar-refractivity contribution in [2.75, 3.05) is 13.1 Å². The van der Waals surface area contributed by atoms with Gasteiger partial charge in [0.05, 0.1) is 12.5 Å². The predicted molar refractivity (Wildman–Crippen MR) is 145 cm³/mol. The number of rotatable bonds is 9. The van der Waals surface area contributed by atoms with E-state index in [0.717, 1.165) is 38.5 Å². The van der Waals surface area contributed by atoms with E-state index in [1.54, 1.807) is 4.90 Å². The first-order valence-electron chi connectivity index (χ1n) is 13.9. The van der Waals surface area contributed by atoms with Crippen LogP contribution in [0.3, 0.4) is 0 Å². The number of carbonyl (C=O) groups is 4. The number of benzene rings is 1. The fourth-order valence-corrected chi connectivity index (χ4v) is 5.50. The number of carbonyl (C=O) groups excluding carboxylic acids is 4. The van der Waals surface area contributed by atoms with Gasteiger partial charge in [0.15, 0.2) is 0 Å². The third-order valence-corrected chi connectivity index (χ3v) is 7.77. The molecule has 4 rings (SSSR count). The van der Waals surface area contributed by atoms with Crippen LogP contribution in [-0.4, -0.2) is 64.6 Å². The highest BCUT2D eigenvalue weighted by molar-refractivity contribution is 5.90. The van der Waals surface area contributed by atoms with Crippen LogP contribution in [0.4, 0.5) is 0 Å². The summed E-state index contributed by atoms with van der Waals surface area (Å²) in [6.45, 7) is 7.53. The summed E-state index contributed by atoms with van der Waals surface area (Å²) in [5, 5.41) is 16.0. The van der Waals surface area contributed by atoms with E-state index in [2.05, 4.69) is 34.9 Å². The van der Waals surface area contributed by atoms with Crippen molar-refractivity contribution in [3.05, 3.63) is 24.3 Å². The second kappa shape index (κ2) is 13.2. The molecule has 4 aliphatic rings. The van der Waals surface area contributed by atoms with Gasteiger partial charge in [0.2, 0.25) is 24.1 Å². The molecule has 2 fully saturated rings. The number of hydroxylamine groups is 2. The van der Waals surface area contributed by atoms with Crippen LogP contribution in [0.15, 0.2) is 24.3 Å². The molecule has 2 unspecified atom stereocenters. The van der Waals surface area contributed by atoms with E-state index in [9.17, 15) is 24.4 Å². The van der Waals surface area contributed by atoms with E-state index >= 15 is 0 Å². The molecule has 3 atom stereocenters. The molecular weight excluding hydrogens is 484 g/mol. The van der Waals surface area contributed by atoms with Crippen LogP contribution in [0.2, 0.25) is 0 Å².